The van der Waals surface area contributed by atoms with Crippen molar-refractivity contribution in [2.24, 2.45) is 0 Å². The Morgan fingerprint density at radius 2 is 1.66 bits per heavy atom. The van der Waals surface area contributed by atoms with Crippen LogP contribution in [-0.4, -0.2) is 28.7 Å². The first-order valence-corrected chi connectivity index (χ1v) is 9.77. The smallest absolute Gasteiger partial charge is 0.200 e. The van der Waals surface area contributed by atoms with Crippen molar-refractivity contribution in [1.29, 1.82) is 0 Å². The molecule has 0 spiro atoms. The van der Waals surface area contributed by atoms with E-state index in [-0.39, 0.29) is 5.75 Å². The van der Waals surface area contributed by atoms with Crippen LogP contribution < -0.4 is 14.8 Å². The van der Waals surface area contributed by atoms with Gasteiger partial charge in [0, 0.05) is 21.4 Å². The molecule has 0 aliphatic rings. The van der Waals surface area contributed by atoms with Crippen LogP contribution in [0.25, 0.3) is 16.9 Å². The number of imidazole rings is 1. The van der Waals surface area contributed by atoms with E-state index in [9.17, 15) is 5.11 Å². The Morgan fingerprint density at radius 1 is 1.00 bits per heavy atom. The second kappa shape index (κ2) is 7.67. The van der Waals surface area contributed by atoms with E-state index in [0.717, 1.165) is 38.6 Å². The van der Waals surface area contributed by atoms with Crippen molar-refractivity contribution >= 4 is 33.1 Å². The van der Waals surface area contributed by atoms with Gasteiger partial charge in [-0.25, -0.2) is 4.98 Å². The first-order chi connectivity index (χ1) is 14.0. The van der Waals surface area contributed by atoms with Crippen LogP contribution in [-0.2, 0) is 0 Å². The highest BCUT2D eigenvalue weighted by Crippen LogP contribution is 2.42. The molecule has 148 valence electrons. The van der Waals surface area contributed by atoms with Gasteiger partial charge in [-0.2, -0.15) is 0 Å². The van der Waals surface area contributed by atoms with E-state index in [1.807, 2.05) is 49.4 Å². The van der Waals surface area contributed by atoms with Gasteiger partial charge >= 0.3 is 0 Å². The number of nitrogens with one attached hydrogen (secondary N) is 1. The third-order valence-electron chi connectivity index (χ3n) is 4.70. The number of halogens is 1. The summed E-state index contributed by atoms with van der Waals surface area (Å²) < 4.78 is 13.7. The van der Waals surface area contributed by atoms with Crippen molar-refractivity contribution < 1.29 is 14.6 Å². The van der Waals surface area contributed by atoms with Crippen LogP contribution >= 0.6 is 15.9 Å². The standard InChI is InChI=1S/C22H20BrN3O3/c1-13-5-4-6-19-25-20(14-11-17(28-2)21(27)18(12-14)29-3)22(26(13)19)24-16-9-7-15(23)8-10-16/h4-12,24,27H,1-3H3. The molecule has 0 aliphatic carbocycles. The first kappa shape index (κ1) is 19.1. The number of phenolic OH excluding ortho intramolecular Hbond substituents is 1. The summed E-state index contributed by atoms with van der Waals surface area (Å²) in [5, 5.41) is 13.8. The van der Waals surface area contributed by atoms with Gasteiger partial charge in [-0.1, -0.05) is 22.0 Å². The zero-order chi connectivity index (χ0) is 20.5. The van der Waals surface area contributed by atoms with Crippen LogP contribution in [0.1, 0.15) is 5.69 Å². The molecule has 0 aliphatic heterocycles. The summed E-state index contributed by atoms with van der Waals surface area (Å²) in [6.07, 6.45) is 0. The number of aromatic hydroxyl groups is 1. The number of benzene rings is 2. The molecule has 6 nitrogen and oxygen atoms in total. The van der Waals surface area contributed by atoms with Gasteiger partial charge in [0.25, 0.3) is 0 Å². The highest BCUT2D eigenvalue weighted by atomic mass is 79.9. The van der Waals surface area contributed by atoms with E-state index in [4.69, 9.17) is 14.5 Å². The molecule has 2 heterocycles. The predicted molar refractivity (Wildman–Crippen MR) is 118 cm³/mol. The number of hydrogen-bond donors (Lipinski definition) is 2. The van der Waals surface area contributed by atoms with Crippen LogP contribution in [0.15, 0.2) is 59.1 Å². The molecular formula is C22H20BrN3O3. The number of rotatable bonds is 5. The molecular weight excluding hydrogens is 434 g/mol. The van der Waals surface area contributed by atoms with Gasteiger partial charge in [0.2, 0.25) is 5.75 Å². The van der Waals surface area contributed by atoms with Gasteiger partial charge in [0.15, 0.2) is 11.5 Å². The van der Waals surface area contributed by atoms with Crippen molar-refractivity contribution in [2.45, 2.75) is 6.92 Å². The van der Waals surface area contributed by atoms with Gasteiger partial charge < -0.3 is 19.9 Å². The number of ether oxygens (including phenoxy) is 2. The topological polar surface area (TPSA) is 68.0 Å². The molecule has 29 heavy (non-hydrogen) atoms. The fourth-order valence-corrected chi connectivity index (χ4v) is 3.54. The molecule has 0 radical (unpaired) electrons. The molecule has 0 fully saturated rings. The second-order valence-corrected chi connectivity index (χ2v) is 7.45. The third-order valence-corrected chi connectivity index (χ3v) is 5.23. The minimum absolute atomic E-state index is 0.0406. The summed E-state index contributed by atoms with van der Waals surface area (Å²) in [6, 6.07) is 17.4. The van der Waals surface area contributed by atoms with Crippen molar-refractivity contribution in [3.63, 3.8) is 0 Å². The molecule has 2 N–H and O–H groups in total. The highest BCUT2D eigenvalue weighted by molar-refractivity contribution is 9.10. The summed E-state index contributed by atoms with van der Waals surface area (Å²) >= 11 is 3.47. The average molecular weight is 454 g/mol. The number of methoxy groups -OCH3 is 2. The average Bonchev–Trinajstić information content (AvgIpc) is 3.09. The lowest BCUT2D eigenvalue weighted by Gasteiger charge is -2.13. The maximum atomic E-state index is 10.3. The summed E-state index contributed by atoms with van der Waals surface area (Å²) in [7, 11) is 3.01. The van der Waals surface area contributed by atoms with Crippen molar-refractivity contribution in [3.8, 4) is 28.5 Å². The number of aromatic nitrogens is 2. The number of hydrogen-bond acceptors (Lipinski definition) is 5. The minimum atomic E-state index is -0.0406. The third kappa shape index (κ3) is 3.49. The van der Waals surface area contributed by atoms with Gasteiger partial charge in [-0.05, 0) is 55.5 Å². The van der Waals surface area contributed by atoms with Gasteiger partial charge in [-0.15, -0.1) is 0 Å². The predicted octanol–water partition coefficient (Wildman–Crippen LogP) is 5.54. The van der Waals surface area contributed by atoms with Gasteiger partial charge in [-0.3, -0.25) is 4.40 Å². The summed E-state index contributed by atoms with van der Waals surface area (Å²) in [5.74, 6) is 1.42. The number of anilines is 2. The molecule has 2 aromatic heterocycles. The quantitative estimate of drug-likeness (QED) is 0.415. The zero-order valence-electron chi connectivity index (χ0n) is 16.2. The first-order valence-electron chi connectivity index (χ1n) is 8.98. The van der Waals surface area contributed by atoms with Crippen molar-refractivity contribution in [3.05, 3.63) is 64.8 Å². The van der Waals surface area contributed by atoms with E-state index < -0.39 is 0 Å². The molecule has 0 amide bonds. The highest BCUT2D eigenvalue weighted by Gasteiger charge is 2.20. The van der Waals surface area contributed by atoms with E-state index in [0.29, 0.717) is 11.5 Å². The molecule has 2 aromatic carbocycles. The Hall–Kier alpha value is -3.19. The molecule has 4 aromatic rings. The van der Waals surface area contributed by atoms with Crippen LogP contribution in [0.4, 0.5) is 11.5 Å². The zero-order valence-corrected chi connectivity index (χ0v) is 17.8. The number of aryl methyl sites for hydroxylation is 1. The molecule has 7 heteroatoms. The molecule has 0 atom stereocenters. The SMILES string of the molecule is COc1cc(-c2nc3cccc(C)n3c2Nc2ccc(Br)cc2)cc(OC)c1O. The molecule has 0 saturated heterocycles. The Kier molecular flexibility index (Phi) is 5.07. The monoisotopic (exact) mass is 453 g/mol. The number of nitrogens with zero attached hydrogens (tertiary/aromatic N) is 2. The molecule has 0 unspecified atom stereocenters. The fourth-order valence-electron chi connectivity index (χ4n) is 3.27. The number of phenols is 1. The fraction of sp³-hybridized carbons (Fsp3) is 0.136. The summed E-state index contributed by atoms with van der Waals surface area (Å²) in [5.41, 5.74) is 4.26. The van der Waals surface area contributed by atoms with E-state index >= 15 is 0 Å². The largest absolute Gasteiger partial charge is 0.502 e. The molecule has 0 saturated carbocycles. The lowest BCUT2D eigenvalue weighted by molar-refractivity contribution is 0.340. The van der Waals surface area contributed by atoms with Crippen LogP contribution in [0.2, 0.25) is 0 Å². The van der Waals surface area contributed by atoms with Crippen LogP contribution in [0, 0.1) is 6.92 Å². The summed E-state index contributed by atoms with van der Waals surface area (Å²) in [4.78, 5) is 4.84. The Balaban J connectivity index is 1.95. The Labute approximate surface area is 176 Å². The number of pyridine rings is 1. The summed E-state index contributed by atoms with van der Waals surface area (Å²) in [6.45, 7) is 2.03. The normalized spacial score (nSPS) is 10.9. The lowest BCUT2D eigenvalue weighted by Crippen LogP contribution is -1.99. The van der Waals surface area contributed by atoms with Crippen molar-refractivity contribution in [1.82, 2.24) is 9.38 Å². The number of fused-ring (bicyclic) bond motifs is 1. The van der Waals surface area contributed by atoms with E-state index in [2.05, 4.69) is 25.6 Å². The van der Waals surface area contributed by atoms with E-state index in [1.54, 1.807) is 12.1 Å². The van der Waals surface area contributed by atoms with Crippen LogP contribution in [0.5, 0.6) is 17.2 Å². The lowest BCUT2D eigenvalue weighted by atomic mass is 10.1. The van der Waals surface area contributed by atoms with Gasteiger partial charge in [0.05, 0.1) is 14.2 Å². The second-order valence-electron chi connectivity index (χ2n) is 6.53. The molecule has 4 rings (SSSR count). The Bertz CT molecular complexity index is 1160. The van der Waals surface area contributed by atoms with Crippen LogP contribution in [0.3, 0.4) is 0 Å². The maximum Gasteiger partial charge on any atom is 0.200 e. The van der Waals surface area contributed by atoms with Gasteiger partial charge in [0.1, 0.15) is 17.2 Å². The molecule has 0 bridgehead atoms. The minimum Gasteiger partial charge on any atom is -0.502 e. The van der Waals surface area contributed by atoms with E-state index in [1.165, 1.54) is 14.2 Å². The van der Waals surface area contributed by atoms with Crippen molar-refractivity contribution in [2.75, 3.05) is 19.5 Å². The Morgan fingerprint density at radius 3 is 2.28 bits per heavy atom. The maximum absolute atomic E-state index is 10.3.